The van der Waals surface area contributed by atoms with E-state index in [1.807, 2.05) is 0 Å². The van der Waals surface area contributed by atoms with Crippen molar-refractivity contribution in [1.82, 2.24) is 0 Å². The smallest absolute Gasteiger partial charge is 0.305 e. The highest BCUT2D eigenvalue weighted by Crippen LogP contribution is 2.17. The number of rotatable bonds is 43. The van der Waals surface area contributed by atoms with Gasteiger partial charge in [-0.25, -0.2) is 0 Å². The molecule has 2 heteroatoms. The van der Waals surface area contributed by atoms with Crippen LogP contribution in [-0.4, -0.2) is 12.6 Å². The minimum Gasteiger partial charge on any atom is -0.466 e. The molecule has 0 aromatic rings. The highest BCUT2D eigenvalue weighted by molar-refractivity contribution is 5.69. The van der Waals surface area contributed by atoms with Gasteiger partial charge in [-0.05, 0) is 32.1 Å². The molecule has 2 nitrogen and oxygen atoms in total. The summed E-state index contributed by atoms with van der Waals surface area (Å²) in [7, 11) is 0. The zero-order valence-corrected chi connectivity index (χ0v) is 34.2. The Morgan fingerprint density at radius 1 is 0.327 bits per heavy atom. The molecule has 0 aliphatic heterocycles. The van der Waals surface area contributed by atoms with Gasteiger partial charge in [0.2, 0.25) is 0 Å². The van der Waals surface area contributed by atoms with Crippen molar-refractivity contribution < 1.29 is 9.53 Å². The first kappa shape index (κ1) is 48.2. The predicted octanol–water partition coefficient (Wildman–Crippen LogP) is 17.1. The van der Waals surface area contributed by atoms with Crippen LogP contribution in [0.5, 0.6) is 0 Å². The number of carbonyl (C=O) groups excluding carboxylic acids is 1. The number of esters is 1. The van der Waals surface area contributed by atoms with Gasteiger partial charge >= 0.3 is 5.97 Å². The van der Waals surface area contributed by atoms with Crippen LogP contribution in [0.2, 0.25) is 0 Å². The van der Waals surface area contributed by atoms with Crippen LogP contribution in [0.3, 0.4) is 0 Å². The molecule has 0 saturated heterocycles. The number of unbranched alkanes of at least 4 members (excludes halogenated alkanes) is 37. The van der Waals surface area contributed by atoms with Gasteiger partial charge in [-0.1, -0.05) is 251 Å². The Morgan fingerprint density at radius 3 is 0.939 bits per heavy atom. The van der Waals surface area contributed by atoms with Gasteiger partial charge in [-0.3, -0.25) is 4.79 Å². The van der Waals surface area contributed by atoms with E-state index in [1.165, 1.54) is 238 Å². The molecule has 0 fully saturated rings. The van der Waals surface area contributed by atoms with Crippen LogP contribution in [0.4, 0.5) is 0 Å². The maximum atomic E-state index is 11.9. The van der Waals surface area contributed by atoms with Crippen LogP contribution in [0.15, 0.2) is 12.2 Å². The van der Waals surface area contributed by atoms with Crippen LogP contribution in [0.1, 0.15) is 277 Å². The Labute approximate surface area is 310 Å². The second-order valence-corrected chi connectivity index (χ2v) is 15.7. The molecule has 0 unspecified atom stereocenters. The van der Waals surface area contributed by atoms with E-state index in [0.29, 0.717) is 13.0 Å². The molecule has 292 valence electrons. The summed E-state index contributed by atoms with van der Waals surface area (Å²) < 4.78 is 5.45. The fourth-order valence-electron chi connectivity index (χ4n) is 7.18. The van der Waals surface area contributed by atoms with E-state index < -0.39 is 0 Å². The summed E-state index contributed by atoms with van der Waals surface area (Å²) in [5.41, 5.74) is 0. The number of hydrogen-bond acceptors (Lipinski definition) is 2. The number of allylic oxidation sites excluding steroid dienone is 2. The Bertz CT molecular complexity index is 626. The zero-order valence-electron chi connectivity index (χ0n) is 34.2. The number of carbonyl (C=O) groups is 1. The fourth-order valence-corrected chi connectivity index (χ4v) is 7.18. The molecule has 0 saturated carbocycles. The quantitative estimate of drug-likeness (QED) is 0.0362. The molecule has 0 radical (unpaired) electrons. The molecule has 0 rings (SSSR count). The standard InChI is InChI=1S/C47H92O2/c1-3-5-7-9-11-13-15-16-17-18-19-20-21-22-23-24-25-26-27-28-29-30-31-32-33-34-36-38-40-42-44-46-49-47(48)45-43-41-39-37-35-14-12-10-8-6-4-2/h10,12H,3-9,11,13-46H2,1-2H3/b12-10-. The lowest BCUT2D eigenvalue weighted by molar-refractivity contribution is -0.143. The highest BCUT2D eigenvalue weighted by Gasteiger charge is 2.03. The molecule has 0 bridgehead atoms. The summed E-state index contributed by atoms with van der Waals surface area (Å²) in [5.74, 6) is 0.0180. The molecule has 0 N–H and O–H groups in total. The second-order valence-electron chi connectivity index (χ2n) is 15.7. The van der Waals surface area contributed by atoms with Crippen molar-refractivity contribution in [2.24, 2.45) is 0 Å². The fraction of sp³-hybridized carbons (Fsp3) is 0.936. The van der Waals surface area contributed by atoms with Crippen molar-refractivity contribution in [3.8, 4) is 0 Å². The van der Waals surface area contributed by atoms with Gasteiger partial charge in [0, 0.05) is 6.42 Å². The van der Waals surface area contributed by atoms with E-state index in [4.69, 9.17) is 4.74 Å². The summed E-state index contributed by atoms with van der Waals surface area (Å²) in [4.78, 5) is 11.9. The molecule has 0 aliphatic carbocycles. The van der Waals surface area contributed by atoms with Crippen LogP contribution in [0.25, 0.3) is 0 Å². The first-order valence-corrected chi connectivity index (χ1v) is 23.1. The average Bonchev–Trinajstić information content (AvgIpc) is 3.11. The summed E-state index contributed by atoms with van der Waals surface area (Å²) in [6, 6.07) is 0. The monoisotopic (exact) mass is 689 g/mol. The van der Waals surface area contributed by atoms with Crippen LogP contribution in [-0.2, 0) is 9.53 Å². The first-order valence-electron chi connectivity index (χ1n) is 23.1. The topological polar surface area (TPSA) is 26.3 Å². The Balaban J connectivity index is 3.13. The van der Waals surface area contributed by atoms with Gasteiger partial charge in [-0.15, -0.1) is 0 Å². The van der Waals surface area contributed by atoms with Crippen LogP contribution >= 0.6 is 0 Å². The van der Waals surface area contributed by atoms with E-state index in [9.17, 15) is 4.79 Å². The summed E-state index contributed by atoms with van der Waals surface area (Å²) in [6.07, 6.45) is 60.6. The molecular weight excluding hydrogens is 597 g/mol. The minimum atomic E-state index is 0.0180. The lowest BCUT2D eigenvalue weighted by Crippen LogP contribution is -2.05. The molecule has 49 heavy (non-hydrogen) atoms. The molecule has 0 amide bonds. The van der Waals surface area contributed by atoms with Gasteiger partial charge in [0.15, 0.2) is 0 Å². The molecular formula is C47H92O2. The second kappa shape index (κ2) is 45.2. The first-order chi connectivity index (χ1) is 24.3. The van der Waals surface area contributed by atoms with E-state index in [2.05, 4.69) is 26.0 Å². The van der Waals surface area contributed by atoms with Crippen LogP contribution < -0.4 is 0 Å². The van der Waals surface area contributed by atoms with Gasteiger partial charge in [0.25, 0.3) is 0 Å². The third-order valence-corrected chi connectivity index (χ3v) is 10.7. The Morgan fingerprint density at radius 2 is 0.592 bits per heavy atom. The Kier molecular flexibility index (Phi) is 44.5. The largest absolute Gasteiger partial charge is 0.466 e. The Hall–Kier alpha value is -0.790. The minimum absolute atomic E-state index is 0.0180. The normalized spacial score (nSPS) is 11.6. The van der Waals surface area contributed by atoms with Crippen molar-refractivity contribution >= 4 is 5.97 Å². The van der Waals surface area contributed by atoms with Crippen molar-refractivity contribution in [1.29, 1.82) is 0 Å². The van der Waals surface area contributed by atoms with Gasteiger partial charge < -0.3 is 4.74 Å². The highest BCUT2D eigenvalue weighted by atomic mass is 16.5. The molecule has 0 spiro atoms. The summed E-state index contributed by atoms with van der Waals surface area (Å²) in [6.45, 7) is 5.18. The third kappa shape index (κ3) is 45.2. The zero-order chi connectivity index (χ0) is 35.4. The molecule has 0 aromatic heterocycles. The number of ether oxygens (including phenoxy) is 1. The van der Waals surface area contributed by atoms with E-state index in [1.54, 1.807) is 0 Å². The molecule has 0 heterocycles. The van der Waals surface area contributed by atoms with Gasteiger partial charge in [0.05, 0.1) is 6.61 Å². The third-order valence-electron chi connectivity index (χ3n) is 10.7. The summed E-state index contributed by atoms with van der Waals surface area (Å²) in [5, 5.41) is 0. The predicted molar refractivity (Wildman–Crippen MR) is 221 cm³/mol. The van der Waals surface area contributed by atoms with Gasteiger partial charge in [-0.2, -0.15) is 0 Å². The lowest BCUT2D eigenvalue weighted by atomic mass is 10.0. The van der Waals surface area contributed by atoms with E-state index in [-0.39, 0.29) is 5.97 Å². The van der Waals surface area contributed by atoms with Gasteiger partial charge in [0.1, 0.15) is 0 Å². The lowest BCUT2D eigenvalue weighted by Gasteiger charge is -2.06. The van der Waals surface area contributed by atoms with E-state index >= 15 is 0 Å². The molecule has 0 aromatic carbocycles. The van der Waals surface area contributed by atoms with Crippen molar-refractivity contribution in [3.63, 3.8) is 0 Å². The molecule has 0 aliphatic rings. The van der Waals surface area contributed by atoms with Crippen molar-refractivity contribution in [2.45, 2.75) is 277 Å². The van der Waals surface area contributed by atoms with Crippen molar-refractivity contribution in [3.05, 3.63) is 12.2 Å². The maximum absolute atomic E-state index is 11.9. The number of hydrogen-bond donors (Lipinski definition) is 0. The summed E-state index contributed by atoms with van der Waals surface area (Å²) >= 11 is 0. The maximum Gasteiger partial charge on any atom is 0.305 e. The van der Waals surface area contributed by atoms with Crippen molar-refractivity contribution in [2.75, 3.05) is 6.61 Å². The van der Waals surface area contributed by atoms with E-state index in [0.717, 1.165) is 19.3 Å². The SMILES string of the molecule is CCCC/C=C\CCCCCCCC(=O)OCCCCCCCCCCCCCCCCCCCCCCCCCCCCCCCCC. The molecule has 0 atom stereocenters. The van der Waals surface area contributed by atoms with Crippen LogP contribution in [0, 0.1) is 0 Å². The average molecular weight is 689 g/mol.